The predicted octanol–water partition coefficient (Wildman–Crippen LogP) is 2.66. The molecule has 9 nitrogen and oxygen atoms in total. The molecule has 1 aromatic carbocycles. The van der Waals surface area contributed by atoms with Crippen molar-refractivity contribution in [2.75, 3.05) is 11.1 Å². The zero-order valence-corrected chi connectivity index (χ0v) is 17.8. The Morgan fingerprint density at radius 3 is 2.52 bits per heavy atom. The van der Waals surface area contributed by atoms with Gasteiger partial charge in [0.1, 0.15) is 23.3 Å². The summed E-state index contributed by atoms with van der Waals surface area (Å²) in [6.45, 7) is 6.52. The van der Waals surface area contributed by atoms with Crippen molar-refractivity contribution in [1.82, 2.24) is 15.1 Å². The van der Waals surface area contributed by atoms with Gasteiger partial charge in [-0.1, -0.05) is 17.0 Å². The fraction of sp³-hybridized carbons (Fsp3) is 0.273. The molecule has 0 amide bonds. The fourth-order valence-corrected chi connectivity index (χ4v) is 2.32. The van der Waals surface area contributed by atoms with Crippen molar-refractivity contribution in [2.24, 2.45) is 0 Å². The number of nitrogens with two attached hydrogens (primary N) is 1. The van der Waals surface area contributed by atoms with E-state index in [1.54, 1.807) is 57.3 Å². The molecule has 3 aromatic rings. The number of aliphatic hydroxyl groups excluding tert-OH is 1. The first kappa shape index (κ1) is 23.5. The summed E-state index contributed by atoms with van der Waals surface area (Å²) in [6.07, 6.45) is 2.39. The van der Waals surface area contributed by atoms with E-state index in [4.69, 9.17) is 11.1 Å². The number of benzene rings is 1. The lowest BCUT2D eigenvalue weighted by molar-refractivity contribution is 0.153. The maximum absolute atomic E-state index is 10.2. The Morgan fingerprint density at radius 2 is 2.00 bits per heavy atom. The van der Waals surface area contributed by atoms with Crippen molar-refractivity contribution in [2.45, 2.75) is 39.4 Å². The molecular weight excluding hydrogens is 396 g/mol. The molecule has 0 fully saturated rings. The van der Waals surface area contributed by atoms with Crippen LogP contribution in [0.15, 0.2) is 47.2 Å². The van der Waals surface area contributed by atoms with E-state index >= 15 is 0 Å². The number of nitrogen functional groups attached to an aromatic ring is 1. The number of hydrogen-bond donors (Lipinski definition) is 5. The Balaban J connectivity index is 0.000000488. The van der Waals surface area contributed by atoms with E-state index in [1.807, 2.05) is 6.92 Å². The lowest BCUT2D eigenvalue weighted by Gasteiger charge is -2.21. The van der Waals surface area contributed by atoms with Crippen molar-refractivity contribution in [3.8, 4) is 11.8 Å². The second-order valence-corrected chi connectivity index (χ2v) is 7.19. The molecule has 0 aliphatic carbocycles. The van der Waals surface area contributed by atoms with Crippen LogP contribution < -0.4 is 11.1 Å². The number of anilines is 3. The largest absolute Gasteiger partial charge is 0.384 e. The van der Waals surface area contributed by atoms with Gasteiger partial charge in [-0.05, 0) is 52.0 Å². The Hall–Kier alpha value is -3.74. The van der Waals surface area contributed by atoms with Crippen LogP contribution in [0.4, 0.5) is 17.5 Å². The van der Waals surface area contributed by atoms with Crippen molar-refractivity contribution in [1.29, 1.82) is 5.41 Å². The molecule has 1 atom stereocenters. The molecule has 6 N–H and O–H groups in total. The van der Waals surface area contributed by atoms with Crippen LogP contribution in [-0.2, 0) is 0 Å². The maximum atomic E-state index is 10.2. The highest BCUT2D eigenvalue weighted by Crippen LogP contribution is 2.25. The Kier molecular flexibility index (Phi) is 7.85. The van der Waals surface area contributed by atoms with E-state index in [2.05, 4.69) is 36.8 Å². The summed E-state index contributed by atoms with van der Waals surface area (Å²) in [5, 5.41) is 34.2. The number of nitrogens with zero attached hydrogens (tertiary/aromatic N) is 3. The van der Waals surface area contributed by atoms with Gasteiger partial charge in [-0.3, -0.25) is 0 Å². The van der Waals surface area contributed by atoms with Crippen LogP contribution in [0.25, 0.3) is 0 Å². The number of rotatable bonds is 4. The zero-order valence-electron chi connectivity index (χ0n) is 17.8. The molecule has 0 aliphatic rings. The van der Waals surface area contributed by atoms with Gasteiger partial charge in [0.05, 0.1) is 17.6 Å². The standard InChI is InChI=1S/C18H21N5O2.C4H5NO/c1-11(24)4-5-12-6-7-13(16(19)18(2,3)25)14(10-12)22-15-8-9-21-17(20)23-15;1-4-2-3-5-6-4/h6-11,19,24-25H,1-3H3,(H3,20,21,22,23);2-3H,1H3. The van der Waals surface area contributed by atoms with Gasteiger partial charge in [0.2, 0.25) is 5.95 Å². The Labute approximate surface area is 180 Å². The number of hydrogen-bond acceptors (Lipinski definition) is 9. The highest BCUT2D eigenvalue weighted by Gasteiger charge is 2.23. The highest BCUT2D eigenvalue weighted by atomic mass is 16.5. The molecule has 0 saturated carbocycles. The minimum Gasteiger partial charge on any atom is -0.384 e. The van der Waals surface area contributed by atoms with Crippen molar-refractivity contribution < 1.29 is 14.7 Å². The van der Waals surface area contributed by atoms with Crippen LogP contribution in [0.1, 0.15) is 37.7 Å². The smallest absolute Gasteiger partial charge is 0.221 e. The van der Waals surface area contributed by atoms with Crippen LogP contribution in [0.2, 0.25) is 0 Å². The molecule has 0 saturated heterocycles. The van der Waals surface area contributed by atoms with Crippen LogP contribution >= 0.6 is 0 Å². The van der Waals surface area contributed by atoms with Gasteiger partial charge in [0.15, 0.2) is 0 Å². The molecule has 3 rings (SSSR count). The van der Waals surface area contributed by atoms with Gasteiger partial charge in [-0.15, -0.1) is 0 Å². The van der Waals surface area contributed by atoms with Crippen LogP contribution in [0, 0.1) is 24.2 Å². The monoisotopic (exact) mass is 422 g/mol. The first-order valence-corrected chi connectivity index (χ1v) is 9.44. The van der Waals surface area contributed by atoms with E-state index in [9.17, 15) is 10.2 Å². The minimum atomic E-state index is -1.31. The summed E-state index contributed by atoms with van der Waals surface area (Å²) in [7, 11) is 0. The summed E-state index contributed by atoms with van der Waals surface area (Å²) < 4.78 is 4.58. The normalized spacial score (nSPS) is 11.4. The third kappa shape index (κ3) is 7.54. The molecule has 0 spiro atoms. The first-order valence-electron chi connectivity index (χ1n) is 9.44. The average Bonchev–Trinajstić information content (AvgIpc) is 3.17. The average molecular weight is 422 g/mol. The number of aliphatic hydroxyl groups is 2. The van der Waals surface area contributed by atoms with Gasteiger partial charge in [0.25, 0.3) is 0 Å². The second-order valence-electron chi connectivity index (χ2n) is 7.19. The van der Waals surface area contributed by atoms with Crippen LogP contribution in [0.3, 0.4) is 0 Å². The molecule has 162 valence electrons. The molecule has 0 radical (unpaired) electrons. The third-order valence-electron chi connectivity index (χ3n) is 3.83. The van der Waals surface area contributed by atoms with Crippen molar-refractivity contribution in [3.05, 3.63) is 59.6 Å². The highest BCUT2D eigenvalue weighted by molar-refractivity contribution is 6.08. The molecule has 0 aliphatic heterocycles. The topological polar surface area (TPSA) is 154 Å². The first-order chi connectivity index (χ1) is 14.6. The summed E-state index contributed by atoms with van der Waals surface area (Å²) in [6, 6.07) is 8.59. The van der Waals surface area contributed by atoms with E-state index in [0.717, 1.165) is 5.76 Å². The van der Waals surface area contributed by atoms with Crippen molar-refractivity contribution in [3.63, 3.8) is 0 Å². The molecule has 1 unspecified atom stereocenters. The lowest BCUT2D eigenvalue weighted by atomic mass is 9.93. The molecule has 2 heterocycles. The summed E-state index contributed by atoms with van der Waals surface area (Å²) in [5.74, 6) is 6.96. The summed E-state index contributed by atoms with van der Waals surface area (Å²) in [4.78, 5) is 7.92. The third-order valence-corrected chi connectivity index (χ3v) is 3.83. The molecule has 0 bridgehead atoms. The maximum Gasteiger partial charge on any atom is 0.221 e. The van der Waals surface area contributed by atoms with Gasteiger partial charge in [-0.25, -0.2) is 4.98 Å². The zero-order chi connectivity index (χ0) is 23.0. The second kappa shape index (κ2) is 10.3. The van der Waals surface area contributed by atoms with E-state index < -0.39 is 11.7 Å². The fourth-order valence-electron chi connectivity index (χ4n) is 2.32. The summed E-state index contributed by atoms with van der Waals surface area (Å²) >= 11 is 0. The van der Waals surface area contributed by atoms with E-state index in [-0.39, 0.29) is 11.7 Å². The van der Waals surface area contributed by atoms with Gasteiger partial charge >= 0.3 is 0 Å². The van der Waals surface area contributed by atoms with Gasteiger partial charge in [0, 0.05) is 23.4 Å². The van der Waals surface area contributed by atoms with E-state index in [1.165, 1.54) is 6.20 Å². The number of aromatic nitrogens is 3. The molecular formula is C22H26N6O3. The minimum absolute atomic E-state index is 0.0482. The van der Waals surface area contributed by atoms with E-state index in [0.29, 0.717) is 22.6 Å². The van der Waals surface area contributed by atoms with Crippen molar-refractivity contribution >= 4 is 23.2 Å². The Bertz CT molecular complexity index is 1080. The molecule has 9 heteroatoms. The van der Waals surface area contributed by atoms with Crippen LogP contribution in [-0.4, -0.2) is 42.8 Å². The predicted molar refractivity (Wildman–Crippen MR) is 119 cm³/mol. The Morgan fingerprint density at radius 1 is 1.26 bits per heavy atom. The van der Waals surface area contributed by atoms with Gasteiger partial charge < -0.3 is 31.2 Å². The lowest BCUT2D eigenvalue weighted by Crippen LogP contribution is -2.31. The van der Waals surface area contributed by atoms with Crippen LogP contribution in [0.5, 0.6) is 0 Å². The quantitative estimate of drug-likeness (QED) is 0.317. The summed E-state index contributed by atoms with van der Waals surface area (Å²) in [5.41, 5.74) is 6.03. The molecule has 2 aromatic heterocycles. The number of nitrogens with one attached hydrogen (secondary N) is 2. The molecule has 31 heavy (non-hydrogen) atoms. The SMILES string of the molecule is CC(O)C#Cc1ccc(C(=N)C(C)(C)O)c(Nc2ccnc(N)n2)c1.Cc1ccno1. The number of aryl methyl sites for hydroxylation is 1. The van der Waals surface area contributed by atoms with Gasteiger partial charge in [-0.2, -0.15) is 4.98 Å².